The minimum absolute atomic E-state index is 0.0184. The SMILES string of the molecule is CC(=O)N[C@@H](Cc1ccc(C(=O)O)c(C=O)c1)C(=O)N[C@H]1CCCCN(Cc2ccc(-c3ccccc3)cc2)C1=O. The molecule has 1 fully saturated rings. The molecule has 3 N–H and O–H groups in total. The summed E-state index contributed by atoms with van der Waals surface area (Å²) < 4.78 is 0. The predicted molar refractivity (Wildman–Crippen MR) is 153 cm³/mol. The van der Waals surface area contributed by atoms with E-state index in [-0.39, 0.29) is 23.5 Å². The highest BCUT2D eigenvalue weighted by molar-refractivity contribution is 5.97. The number of carbonyl (C=O) groups excluding carboxylic acids is 4. The maximum absolute atomic E-state index is 13.5. The Labute approximate surface area is 238 Å². The summed E-state index contributed by atoms with van der Waals surface area (Å²) >= 11 is 0. The summed E-state index contributed by atoms with van der Waals surface area (Å²) in [5.74, 6) is -2.38. The van der Waals surface area contributed by atoms with E-state index in [2.05, 4.69) is 10.6 Å². The lowest BCUT2D eigenvalue weighted by atomic mass is 9.99. The quantitative estimate of drug-likeness (QED) is 0.328. The van der Waals surface area contributed by atoms with Gasteiger partial charge in [0.15, 0.2) is 6.29 Å². The lowest BCUT2D eigenvalue weighted by Crippen LogP contribution is -2.54. The smallest absolute Gasteiger partial charge is 0.336 e. The molecule has 1 aliphatic rings. The third-order valence-corrected chi connectivity index (χ3v) is 7.14. The standard InChI is InChI=1S/C32H33N3O6/c1-21(37)33-29(18-23-12-15-27(32(40)41)26(17-23)20-36)30(38)34-28-9-5-6-16-35(31(28)39)19-22-10-13-25(14-11-22)24-7-3-2-4-8-24/h2-4,7-8,10-15,17,20,28-29H,5-6,9,16,18-19H2,1H3,(H,33,37)(H,34,38)(H,40,41)/t28-,29-/m0/s1. The van der Waals surface area contributed by atoms with E-state index in [1.165, 1.54) is 25.1 Å². The van der Waals surface area contributed by atoms with Gasteiger partial charge in [0.1, 0.15) is 12.1 Å². The molecule has 0 saturated carbocycles. The van der Waals surface area contributed by atoms with Crippen molar-refractivity contribution in [3.8, 4) is 11.1 Å². The molecule has 0 aromatic heterocycles. The number of rotatable bonds is 10. The van der Waals surface area contributed by atoms with Gasteiger partial charge in [0, 0.05) is 32.0 Å². The maximum Gasteiger partial charge on any atom is 0.336 e. The van der Waals surface area contributed by atoms with Crippen LogP contribution < -0.4 is 10.6 Å². The average molecular weight is 556 g/mol. The van der Waals surface area contributed by atoms with Crippen LogP contribution in [0.1, 0.15) is 58.0 Å². The minimum atomic E-state index is -1.24. The summed E-state index contributed by atoms with van der Waals surface area (Å²) in [6, 6.07) is 20.5. The van der Waals surface area contributed by atoms with E-state index in [1.807, 2.05) is 54.6 Å². The van der Waals surface area contributed by atoms with Crippen LogP contribution in [0.3, 0.4) is 0 Å². The fraction of sp³-hybridized carbons (Fsp3) is 0.281. The van der Waals surface area contributed by atoms with Crippen molar-refractivity contribution in [2.24, 2.45) is 0 Å². The van der Waals surface area contributed by atoms with Gasteiger partial charge in [-0.2, -0.15) is 0 Å². The molecule has 1 saturated heterocycles. The fourth-order valence-corrected chi connectivity index (χ4v) is 5.04. The molecule has 3 aromatic rings. The molecule has 0 spiro atoms. The molecule has 4 rings (SSSR count). The molecular weight excluding hydrogens is 522 g/mol. The molecule has 2 atom stereocenters. The number of carboxylic acid groups (broad SMARTS) is 1. The third kappa shape index (κ3) is 7.66. The zero-order valence-electron chi connectivity index (χ0n) is 22.8. The summed E-state index contributed by atoms with van der Waals surface area (Å²) in [6.07, 6.45) is 2.49. The Morgan fingerprint density at radius 1 is 0.976 bits per heavy atom. The first-order chi connectivity index (χ1) is 19.7. The number of benzene rings is 3. The molecule has 0 unspecified atom stereocenters. The topological polar surface area (TPSA) is 133 Å². The molecule has 3 aromatic carbocycles. The van der Waals surface area contributed by atoms with E-state index in [1.54, 1.807) is 4.90 Å². The van der Waals surface area contributed by atoms with Crippen molar-refractivity contribution in [3.05, 3.63) is 95.1 Å². The monoisotopic (exact) mass is 555 g/mol. The van der Waals surface area contributed by atoms with E-state index >= 15 is 0 Å². The molecule has 1 aliphatic heterocycles. The van der Waals surface area contributed by atoms with Crippen molar-refractivity contribution in [2.75, 3.05) is 6.54 Å². The van der Waals surface area contributed by atoms with Gasteiger partial charge in [0.05, 0.1) is 5.56 Å². The first kappa shape index (κ1) is 29.2. The van der Waals surface area contributed by atoms with Crippen molar-refractivity contribution in [2.45, 2.75) is 51.2 Å². The number of nitrogens with one attached hydrogen (secondary N) is 2. The van der Waals surface area contributed by atoms with Gasteiger partial charge in [-0.05, 0) is 53.6 Å². The Balaban J connectivity index is 1.45. The second-order valence-corrected chi connectivity index (χ2v) is 10.2. The van der Waals surface area contributed by atoms with Crippen molar-refractivity contribution in [1.29, 1.82) is 0 Å². The largest absolute Gasteiger partial charge is 0.478 e. The number of amides is 3. The molecular formula is C32H33N3O6. The van der Waals surface area contributed by atoms with Crippen molar-refractivity contribution < 1.29 is 29.1 Å². The highest BCUT2D eigenvalue weighted by Gasteiger charge is 2.31. The Bertz CT molecular complexity index is 1420. The van der Waals surface area contributed by atoms with Crippen LogP contribution in [-0.4, -0.2) is 58.6 Å². The first-order valence-electron chi connectivity index (χ1n) is 13.6. The molecule has 0 radical (unpaired) electrons. The Morgan fingerprint density at radius 2 is 1.66 bits per heavy atom. The van der Waals surface area contributed by atoms with Crippen LogP contribution in [0, 0.1) is 0 Å². The summed E-state index contributed by atoms with van der Waals surface area (Å²) in [7, 11) is 0. The molecule has 3 amide bonds. The van der Waals surface area contributed by atoms with Crippen LogP contribution in [0.4, 0.5) is 0 Å². The Hall–Kier alpha value is -4.79. The normalized spacial score (nSPS) is 15.9. The molecule has 0 bridgehead atoms. The number of carbonyl (C=O) groups is 5. The number of likely N-dealkylation sites (tertiary alicyclic amines) is 1. The Kier molecular flexibility index (Phi) is 9.63. The number of aromatic carboxylic acids is 1. The zero-order valence-corrected chi connectivity index (χ0v) is 22.8. The summed E-state index contributed by atoms with van der Waals surface area (Å²) in [4.78, 5) is 63.2. The second-order valence-electron chi connectivity index (χ2n) is 10.2. The number of nitrogens with zero attached hydrogens (tertiary/aromatic N) is 1. The van der Waals surface area contributed by atoms with Crippen molar-refractivity contribution in [1.82, 2.24) is 15.5 Å². The molecule has 0 aliphatic carbocycles. The van der Waals surface area contributed by atoms with Crippen molar-refractivity contribution in [3.63, 3.8) is 0 Å². The molecule has 41 heavy (non-hydrogen) atoms. The molecule has 212 valence electrons. The summed E-state index contributed by atoms with van der Waals surface area (Å²) in [6.45, 7) is 2.28. The number of aldehydes is 1. The van der Waals surface area contributed by atoms with Crippen LogP contribution in [-0.2, 0) is 27.3 Å². The zero-order chi connectivity index (χ0) is 29.4. The van der Waals surface area contributed by atoms with Gasteiger partial charge in [-0.25, -0.2) is 4.79 Å². The number of hydrogen-bond donors (Lipinski definition) is 3. The van der Waals surface area contributed by atoms with E-state index in [4.69, 9.17) is 0 Å². The molecule has 1 heterocycles. The van der Waals surface area contributed by atoms with Crippen molar-refractivity contribution >= 4 is 30.0 Å². The summed E-state index contributed by atoms with van der Waals surface area (Å²) in [5, 5.41) is 14.7. The van der Waals surface area contributed by atoms with Crippen LogP contribution in [0.2, 0.25) is 0 Å². The lowest BCUT2D eigenvalue weighted by molar-refractivity contribution is -0.137. The van der Waals surface area contributed by atoms with E-state index in [0.717, 1.165) is 29.5 Å². The van der Waals surface area contributed by atoms with Gasteiger partial charge in [-0.1, -0.05) is 60.7 Å². The first-order valence-corrected chi connectivity index (χ1v) is 13.6. The average Bonchev–Trinajstić information content (AvgIpc) is 3.13. The van der Waals surface area contributed by atoms with Crippen LogP contribution in [0.15, 0.2) is 72.8 Å². The van der Waals surface area contributed by atoms with Crippen LogP contribution >= 0.6 is 0 Å². The number of carboxylic acids is 1. The highest BCUT2D eigenvalue weighted by atomic mass is 16.4. The molecule has 9 heteroatoms. The minimum Gasteiger partial charge on any atom is -0.478 e. The maximum atomic E-state index is 13.5. The van der Waals surface area contributed by atoms with Gasteiger partial charge >= 0.3 is 5.97 Å². The molecule has 9 nitrogen and oxygen atoms in total. The van der Waals surface area contributed by atoms with E-state index in [0.29, 0.717) is 31.4 Å². The Morgan fingerprint density at radius 3 is 2.32 bits per heavy atom. The lowest BCUT2D eigenvalue weighted by Gasteiger charge is -2.27. The third-order valence-electron chi connectivity index (χ3n) is 7.14. The van der Waals surface area contributed by atoms with E-state index in [9.17, 15) is 29.1 Å². The van der Waals surface area contributed by atoms with Gasteiger partial charge in [0.25, 0.3) is 0 Å². The van der Waals surface area contributed by atoms with Gasteiger partial charge in [-0.15, -0.1) is 0 Å². The van der Waals surface area contributed by atoms with E-state index < -0.39 is 29.9 Å². The van der Waals surface area contributed by atoms with Gasteiger partial charge in [-0.3, -0.25) is 19.2 Å². The van der Waals surface area contributed by atoms with Gasteiger partial charge in [0.2, 0.25) is 17.7 Å². The highest BCUT2D eigenvalue weighted by Crippen LogP contribution is 2.21. The predicted octanol–water partition coefficient (Wildman–Crippen LogP) is 3.61. The second kappa shape index (κ2) is 13.5. The van der Waals surface area contributed by atoms with Crippen LogP contribution in [0.5, 0.6) is 0 Å². The number of hydrogen-bond acceptors (Lipinski definition) is 5. The van der Waals surface area contributed by atoms with Gasteiger partial charge < -0.3 is 20.6 Å². The fourth-order valence-electron chi connectivity index (χ4n) is 5.04. The van der Waals surface area contributed by atoms with Crippen LogP contribution in [0.25, 0.3) is 11.1 Å². The summed E-state index contributed by atoms with van der Waals surface area (Å²) in [5.41, 5.74) is 3.51.